The summed E-state index contributed by atoms with van der Waals surface area (Å²) in [6.45, 7) is 37.6. The van der Waals surface area contributed by atoms with Crippen molar-refractivity contribution in [1.82, 2.24) is 0 Å². The van der Waals surface area contributed by atoms with E-state index in [2.05, 4.69) is 4.74 Å². The summed E-state index contributed by atoms with van der Waals surface area (Å²) in [5, 5.41) is 18.9. The maximum atomic E-state index is 12.3. The van der Waals surface area contributed by atoms with Crippen LogP contribution in [-0.4, -0.2) is 217 Å². The van der Waals surface area contributed by atoms with Gasteiger partial charge in [-0.3, -0.25) is 33.6 Å². The second-order valence-corrected chi connectivity index (χ2v) is 41.6. The largest absolute Gasteiger partial charge is 0.469 e. The molecule has 17 fully saturated rings. The predicted molar refractivity (Wildman–Crippen MR) is 477 cm³/mol. The van der Waals surface area contributed by atoms with Crippen molar-refractivity contribution in [3.8, 4) is 0 Å². The third kappa shape index (κ3) is 22.8. The van der Waals surface area contributed by atoms with Crippen LogP contribution in [0.25, 0.3) is 0 Å². The summed E-state index contributed by atoms with van der Waals surface area (Å²) < 4.78 is 97.6. The Morgan fingerprint density at radius 1 is 0.397 bits per heavy atom. The van der Waals surface area contributed by atoms with Crippen LogP contribution >= 0.6 is 0 Å². The normalized spacial score (nSPS) is 36.5. The minimum Gasteiger partial charge on any atom is -0.469 e. The van der Waals surface area contributed by atoms with Crippen LogP contribution in [0.4, 0.5) is 0 Å². The summed E-state index contributed by atoms with van der Waals surface area (Å²) in [5.74, 6) is 0.566. The van der Waals surface area contributed by atoms with Crippen LogP contribution in [-0.2, 0) is 143 Å². The zero-order valence-corrected chi connectivity index (χ0v) is 76.9. The van der Waals surface area contributed by atoms with Crippen molar-refractivity contribution in [3.05, 3.63) is 12.2 Å². The van der Waals surface area contributed by atoms with E-state index in [1.54, 1.807) is 27.7 Å². The van der Waals surface area contributed by atoms with Gasteiger partial charge in [-0.2, -0.15) is 0 Å². The molecule has 29 atom stereocenters. The van der Waals surface area contributed by atoms with Crippen LogP contribution in [0, 0.1) is 97.6 Å². The molecule has 0 radical (unpaired) electrons. The molecule has 32 nitrogen and oxygen atoms in total. The van der Waals surface area contributed by atoms with E-state index >= 15 is 0 Å². The molecule has 0 amide bonds. The molecular weight excluding hydrogens is 1700 g/mol. The molecule has 32 heteroatoms. The van der Waals surface area contributed by atoms with Gasteiger partial charge in [0.1, 0.15) is 42.7 Å². The van der Waals surface area contributed by atoms with Crippen LogP contribution in [0.5, 0.6) is 0 Å². The Bertz CT molecular complexity index is 3990. The van der Waals surface area contributed by atoms with Crippen LogP contribution in [0.3, 0.4) is 0 Å². The van der Waals surface area contributed by atoms with Gasteiger partial charge in [-0.25, -0.2) is 24.0 Å². The molecule has 10 aliphatic heterocycles. The number of esters is 12. The fourth-order valence-corrected chi connectivity index (χ4v) is 20.6. The van der Waals surface area contributed by atoms with E-state index in [4.69, 9.17) is 80.5 Å². The molecule has 18 rings (SSSR count). The number of fused-ring (bicyclic) bond motifs is 21. The summed E-state index contributed by atoms with van der Waals surface area (Å²) >= 11 is 0. The second kappa shape index (κ2) is 43.6. The molecule has 18 aliphatic rings. The standard InChI is InChI=1S/C18H26O7.C16H24O6.C14H18O2.C13H20O4.C13H18O4.C12H18O7.C7H14O2.6CH4/c1-4-17(2,3)16(20)23-12-10-11(21-14(12)19)13-15(22-10)25-18(24-13)8-6-5-7-9-18;1-6-15(2,3)14(18)20-11-8-7-9-12(10(8)19-13(11)17)22-16(4,5)21-9;15-14-13-9-4-8(10(13)5-16-14)11-6-1-2-7(3-6)12(9)11;2*1-4-13(2,3)12(15)17-10-8-6-5-7-9(8)16-11(10)14;1-4-12(2,3)11(16)19-8-7-6(17-10(8)15)5(13)9(14)18-7;1-5-7(2,3)6(8)9-4;;;;;;/h10-13,15H,4-9H2,1-3H3;8-12H,6-7H2,1-5H3;6-13H,1-5H2;8-10H,4-7H2,1-3H3;5,7-10H,4,6H2,1-3H3;5-9,13-14H,4H2,1-3H3;5H2,1-4H3;6*1H4. The fourth-order valence-electron chi connectivity index (χ4n) is 20.6. The lowest BCUT2D eigenvalue weighted by molar-refractivity contribution is -0.246. The lowest BCUT2D eigenvalue weighted by atomic mass is 9.64. The first-order valence-corrected chi connectivity index (χ1v) is 45.9. The minimum absolute atomic E-state index is 0. The highest BCUT2D eigenvalue weighted by Gasteiger charge is 2.71. The average Bonchev–Trinajstić information content (AvgIpc) is 1.37. The van der Waals surface area contributed by atoms with Crippen LogP contribution in [0.1, 0.15) is 311 Å². The van der Waals surface area contributed by atoms with Crippen LogP contribution in [0.15, 0.2) is 12.2 Å². The number of carbonyl (C=O) groups is 12. The van der Waals surface area contributed by atoms with Crippen molar-refractivity contribution in [3.63, 3.8) is 0 Å². The van der Waals surface area contributed by atoms with Gasteiger partial charge < -0.3 is 95.5 Å². The number of carbonyl (C=O) groups excluding carboxylic acids is 12. The Balaban J connectivity index is 0.000000237. The lowest BCUT2D eigenvalue weighted by Gasteiger charge is -2.38. The van der Waals surface area contributed by atoms with Gasteiger partial charge in [0.25, 0.3) is 0 Å². The summed E-state index contributed by atoms with van der Waals surface area (Å²) in [6, 6.07) is 0. The van der Waals surface area contributed by atoms with Crippen molar-refractivity contribution in [2.45, 2.75) is 433 Å². The molecule has 1 spiro atoms. The van der Waals surface area contributed by atoms with Gasteiger partial charge in [0, 0.05) is 30.6 Å². The highest BCUT2D eigenvalue weighted by atomic mass is 16.9. The maximum Gasteiger partial charge on any atom is 0.350 e. The van der Waals surface area contributed by atoms with Crippen LogP contribution < -0.4 is 0 Å². The number of ether oxygens (including phenoxy) is 18. The number of aliphatic hydroxyl groups is 2. The summed E-state index contributed by atoms with van der Waals surface area (Å²) in [5.41, 5.74) is -3.39. The van der Waals surface area contributed by atoms with Gasteiger partial charge >= 0.3 is 71.6 Å². The number of hydrogen-bond acceptors (Lipinski definition) is 32. The molecular formula is C99H162O32. The molecule has 0 aromatic carbocycles. The molecule has 10 heterocycles. The molecule has 2 N–H and O–H groups in total. The molecule has 29 unspecified atom stereocenters. The smallest absolute Gasteiger partial charge is 0.350 e. The average molecular weight is 1860 g/mol. The van der Waals surface area contributed by atoms with Gasteiger partial charge in [-0.15, -0.1) is 0 Å². The Labute approximate surface area is 777 Å². The van der Waals surface area contributed by atoms with Gasteiger partial charge in [-0.05, 0) is 248 Å². The van der Waals surface area contributed by atoms with E-state index in [0.717, 1.165) is 99.9 Å². The van der Waals surface area contributed by atoms with Gasteiger partial charge in [0.05, 0.1) is 64.1 Å². The first kappa shape index (κ1) is 113. The fraction of sp³-hybridized carbons (Fsp3) is 0.859. The third-order valence-electron chi connectivity index (χ3n) is 30.8. The summed E-state index contributed by atoms with van der Waals surface area (Å²) in [6.07, 6.45) is 10.3. The molecule has 4 bridgehead atoms. The van der Waals surface area contributed by atoms with Crippen molar-refractivity contribution in [1.29, 1.82) is 0 Å². The predicted octanol–water partition coefficient (Wildman–Crippen LogP) is 14.6. The van der Waals surface area contributed by atoms with Crippen molar-refractivity contribution in [2.24, 2.45) is 97.6 Å². The topological polar surface area (TPSA) is 411 Å². The van der Waals surface area contributed by atoms with Gasteiger partial charge in [-0.1, -0.05) is 98.6 Å². The quantitative estimate of drug-likeness (QED) is 0.0591. The second-order valence-electron chi connectivity index (χ2n) is 41.6. The number of cyclic esters (lactones) is 1. The highest BCUT2D eigenvalue weighted by molar-refractivity contribution is 5.87. The van der Waals surface area contributed by atoms with Crippen molar-refractivity contribution in [2.75, 3.05) is 13.7 Å². The monoisotopic (exact) mass is 1860 g/mol. The van der Waals surface area contributed by atoms with Crippen LogP contribution in [0.2, 0.25) is 0 Å². The molecule has 7 saturated carbocycles. The SMILES string of the molecule is C.C.C.C.C.C.CCC(C)(C)C(=O)OC.CCC(C)(C)C(=O)OC1C(=O)OC2C(O)C(O)OC12.CCC(C)(C)C(=O)OC1C(=O)OC2C1CC1OC(C)(C)OC12.CCC(C)(C)C(=O)OC1C(=O)OC2C3OC4(CCCCC4)OC3OC12.CCC(C)(C)C(=O)OC1C(=O)OC2C=CCC21.CCC(C)(C)C(=O)OC1C(=O)OC2CCCC21.O=C1OCC2C3CC(C12)C1C2CCC(C2)C31. The lowest BCUT2D eigenvalue weighted by Crippen LogP contribution is -2.41. The molecule has 8 aliphatic carbocycles. The zero-order chi connectivity index (χ0) is 91.7. The highest BCUT2D eigenvalue weighted by Crippen LogP contribution is 2.71. The number of allylic oxidation sites excluding steroid dienone is 1. The number of hydrogen-bond donors (Lipinski definition) is 2. The van der Waals surface area contributed by atoms with Crippen molar-refractivity contribution < 1.29 is 153 Å². The number of methoxy groups -OCH3 is 1. The van der Waals surface area contributed by atoms with Gasteiger partial charge in [0.15, 0.2) is 42.5 Å². The van der Waals surface area contributed by atoms with E-state index in [-0.39, 0.29) is 134 Å². The molecule has 750 valence electrons. The van der Waals surface area contributed by atoms with Crippen molar-refractivity contribution >= 4 is 71.6 Å². The Morgan fingerprint density at radius 2 is 0.832 bits per heavy atom. The summed E-state index contributed by atoms with van der Waals surface area (Å²) in [7, 11) is 1.42. The van der Waals surface area contributed by atoms with E-state index in [1.807, 2.05) is 123 Å². The summed E-state index contributed by atoms with van der Waals surface area (Å²) in [4.78, 5) is 142. The minimum atomic E-state index is -1.44. The van der Waals surface area contributed by atoms with E-state index in [0.29, 0.717) is 50.4 Å². The van der Waals surface area contributed by atoms with E-state index < -0.39 is 154 Å². The zero-order valence-electron chi connectivity index (χ0n) is 76.9. The first-order chi connectivity index (χ1) is 58.6. The molecule has 131 heavy (non-hydrogen) atoms. The number of aliphatic hydroxyl groups excluding tert-OH is 2. The van der Waals surface area contributed by atoms with Gasteiger partial charge in [0.2, 0.25) is 30.5 Å². The Morgan fingerprint density at radius 3 is 1.33 bits per heavy atom. The first-order valence-electron chi connectivity index (χ1n) is 45.9. The molecule has 0 aromatic rings. The number of rotatable bonds is 17. The van der Waals surface area contributed by atoms with E-state index in [9.17, 15) is 67.7 Å². The Kier molecular flexibility index (Phi) is 37.5. The Hall–Kier alpha value is -6.94. The third-order valence-corrected chi connectivity index (χ3v) is 30.8. The molecule has 10 saturated heterocycles. The maximum absolute atomic E-state index is 12.3. The molecule has 0 aromatic heterocycles. The van der Waals surface area contributed by atoms with E-state index in [1.165, 1.54) is 39.2 Å².